The molecule has 18 heavy (non-hydrogen) atoms. The second-order valence-corrected chi connectivity index (χ2v) is 4.07. The Morgan fingerprint density at radius 2 is 2.00 bits per heavy atom. The second-order valence-electron chi connectivity index (χ2n) is 3.63. The largest absolute Gasteiger partial charge is 0.375 e. The van der Waals surface area contributed by atoms with E-state index >= 15 is 0 Å². The lowest BCUT2D eigenvalue weighted by molar-refractivity contribution is -0.384. The number of hydrogen-bond acceptors (Lipinski definition) is 4. The van der Waals surface area contributed by atoms with Crippen molar-refractivity contribution in [2.45, 2.75) is 6.54 Å². The fourth-order valence-electron chi connectivity index (χ4n) is 1.48. The van der Waals surface area contributed by atoms with Gasteiger partial charge in [0.25, 0.3) is 0 Å². The standard InChI is InChI=1S/C12H10ClN3O2/c13-10-3-1-9(2-4-10)7-15-11-5-6-14-8-12(11)16(17)18/h1-6,8H,7H2,(H,14,15). The fourth-order valence-corrected chi connectivity index (χ4v) is 1.61. The van der Waals surface area contributed by atoms with Gasteiger partial charge in [-0.25, -0.2) is 0 Å². The molecule has 0 aliphatic carbocycles. The number of aromatic nitrogens is 1. The van der Waals surface area contributed by atoms with Crippen LogP contribution in [0.3, 0.4) is 0 Å². The molecule has 0 saturated heterocycles. The summed E-state index contributed by atoms with van der Waals surface area (Å²) >= 11 is 5.78. The van der Waals surface area contributed by atoms with Gasteiger partial charge in [0.05, 0.1) is 4.92 Å². The van der Waals surface area contributed by atoms with Gasteiger partial charge in [0.2, 0.25) is 0 Å². The molecule has 0 fully saturated rings. The van der Waals surface area contributed by atoms with Crippen molar-refractivity contribution in [3.63, 3.8) is 0 Å². The number of pyridine rings is 1. The molecular formula is C12H10ClN3O2. The molecule has 2 aromatic rings. The van der Waals surface area contributed by atoms with Gasteiger partial charge in [-0.15, -0.1) is 0 Å². The molecule has 6 heteroatoms. The average Bonchev–Trinajstić information content (AvgIpc) is 2.38. The molecule has 1 aromatic heterocycles. The third-order valence-corrected chi connectivity index (χ3v) is 2.64. The SMILES string of the molecule is O=[N+]([O-])c1cnccc1NCc1ccc(Cl)cc1. The molecule has 0 unspecified atom stereocenters. The molecule has 0 amide bonds. The van der Waals surface area contributed by atoms with Crippen molar-refractivity contribution in [3.05, 3.63) is 63.4 Å². The number of anilines is 1. The first-order valence-electron chi connectivity index (χ1n) is 5.23. The van der Waals surface area contributed by atoms with Gasteiger partial charge in [0.1, 0.15) is 11.9 Å². The molecule has 5 nitrogen and oxygen atoms in total. The van der Waals surface area contributed by atoms with Gasteiger partial charge in [-0.05, 0) is 23.8 Å². The molecule has 2 rings (SSSR count). The van der Waals surface area contributed by atoms with Gasteiger partial charge in [0, 0.05) is 17.8 Å². The lowest BCUT2D eigenvalue weighted by atomic mass is 10.2. The average molecular weight is 264 g/mol. The van der Waals surface area contributed by atoms with E-state index < -0.39 is 4.92 Å². The van der Waals surface area contributed by atoms with E-state index in [0.717, 1.165) is 5.56 Å². The van der Waals surface area contributed by atoms with Gasteiger partial charge in [0.15, 0.2) is 0 Å². The zero-order valence-corrected chi connectivity index (χ0v) is 10.1. The Kier molecular flexibility index (Phi) is 3.74. The predicted octanol–water partition coefficient (Wildman–Crippen LogP) is 3.26. The van der Waals surface area contributed by atoms with E-state index in [-0.39, 0.29) is 5.69 Å². The van der Waals surface area contributed by atoms with Crippen molar-refractivity contribution < 1.29 is 4.92 Å². The molecular weight excluding hydrogens is 254 g/mol. The van der Waals surface area contributed by atoms with Crippen molar-refractivity contribution in [3.8, 4) is 0 Å². The van der Waals surface area contributed by atoms with Crippen molar-refractivity contribution in [1.82, 2.24) is 4.98 Å². The van der Waals surface area contributed by atoms with Crippen LogP contribution in [0.5, 0.6) is 0 Å². The zero-order chi connectivity index (χ0) is 13.0. The summed E-state index contributed by atoms with van der Waals surface area (Å²) in [5, 5.41) is 14.5. The maximum atomic E-state index is 10.8. The number of hydrogen-bond donors (Lipinski definition) is 1. The van der Waals surface area contributed by atoms with Crippen LogP contribution >= 0.6 is 11.6 Å². The normalized spacial score (nSPS) is 10.1. The molecule has 0 spiro atoms. The number of nitro groups is 1. The first-order valence-corrected chi connectivity index (χ1v) is 5.61. The first kappa shape index (κ1) is 12.3. The lowest BCUT2D eigenvalue weighted by Crippen LogP contribution is -2.02. The Hall–Kier alpha value is -2.14. The summed E-state index contributed by atoms with van der Waals surface area (Å²) in [6.07, 6.45) is 2.74. The predicted molar refractivity (Wildman–Crippen MR) is 69.7 cm³/mol. The first-order chi connectivity index (χ1) is 8.66. The van der Waals surface area contributed by atoms with Crippen LogP contribution in [0.25, 0.3) is 0 Å². The van der Waals surface area contributed by atoms with Crippen LogP contribution in [-0.4, -0.2) is 9.91 Å². The van der Waals surface area contributed by atoms with E-state index in [9.17, 15) is 10.1 Å². The maximum absolute atomic E-state index is 10.8. The molecule has 0 radical (unpaired) electrons. The molecule has 1 heterocycles. The minimum atomic E-state index is -0.461. The Labute approximate surface area is 109 Å². The van der Waals surface area contributed by atoms with Crippen molar-refractivity contribution in [1.29, 1.82) is 0 Å². The zero-order valence-electron chi connectivity index (χ0n) is 9.34. The van der Waals surface area contributed by atoms with Crippen LogP contribution in [0.4, 0.5) is 11.4 Å². The number of nitrogens with one attached hydrogen (secondary N) is 1. The smallest absolute Gasteiger partial charge is 0.310 e. The summed E-state index contributed by atoms with van der Waals surface area (Å²) < 4.78 is 0. The van der Waals surface area contributed by atoms with Crippen LogP contribution in [-0.2, 0) is 6.54 Å². The second kappa shape index (κ2) is 5.46. The summed E-state index contributed by atoms with van der Waals surface area (Å²) in [7, 11) is 0. The monoisotopic (exact) mass is 263 g/mol. The minimum Gasteiger partial charge on any atom is -0.375 e. The Morgan fingerprint density at radius 1 is 1.28 bits per heavy atom. The summed E-state index contributed by atoms with van der Waals surface area (Å²) in [5.41, 5.74) is 1.40. The molecule has 0 saturated carbocycles. The van der Waals surface area contributed by atoms with Crippen molar-refractivity contribution >= 4 is 23.0 Å². The molecule has 1 N–H and O–H groups in total. The number of halogens is 1. The van der Waals surface area contributed by atoms with Crippen LogP contribution in [0.1, 0.15) is 5.56 Å². The van der Waals surface area contributed by atoms with E-state index in [1.807, 2.05) is 12.1 Å². The van der Waals surface area contributed by atoms with Gasteiger partial charge in [-0.1, -0.05) is 23.7 Å². The molecule has 0 bridgehead atoms. The summed E-state index contributed by atoms with van der Waals surface area (Å²) in [6, 6.07) is 8.86. The topological polar surface area (TPSA) is 68.1 Å². The van der Waals surface area contributed by atoms with E-state index in [1.165, 1.54) is 12.4 Å². The molecule has 0 aliphatic heterocycles. The minimum absolute atomic E-state index is 0.0357. The molecule has 0 aliphatic rings. The maximum Gasteiger partial charge on any atom is 0.310 e. The Morgan fingerprint density at radius 3 is 2.67 bits per heavy atom. The van der Waals surface area contributed by atoms with E-state index in [4.69, 9.17) is 11.6 Å². The van der Waals surface area contributed by atoms with Crippen LogP contribution in [0, 0.1) is 10.1 Å². The van der Waals surface area contributed by atoms with E-state index in [1.54, 1.807) is 18.2 Å². The fraction of sp³-hybridized carbons (Fsp3) is 0.0833. The summed E-state index contributed by atoms with van der Waals surface area (Å²) in [4.78, 5) is 14.1. The Balaban J connectivity index is 2.10. The van der Waals surface area contributed by atoms with Gasteiger partial charge < -0.3 is 5.32 Å². The van der Waals surface area contributed by atoms with Gasteiger partial charge in [-0.2, -0.15) is 0 Å². The molecule has 92 valence electrons. The summed E-state index contributed by atoms with van der Waals surface area (Å²) in [6.45, 7) is 0.488. The highest BCUT2D eigenvalue weighted by Crippen LogP contribution is 2.22. The molecule has 0 atom stereocenters. The number of benzene rings is 1. The molecule has 1 aromatic carbocycles. The highest BCUT2D eigenvalue weighted by Gasteiger charge is 2.12. The number of nitrogens with zero attached hydrogens (tertiary/aromatic N) is 2. The number of rotatable bonds is 4. The third-order valence-electron chi connectivity index (χ3n) is 2.39. The quantitative estimate of drug-likeness (QED) is 0.679. The van der Waals surface area contributed by atoms with Gasteiger partial charge >= 0.3 is 5.69 Å². The van der Waals surface area contributed by atoms with E-state index in [0.29, 0.717) is 17.3 Å². The van der Waals surface area contributed by atoms with Crippen molar-refractivity contribution in [2.24, 2.45) is 0 Å². The third kappa shape index (κ3) is 2.95. The Bertz CT molecular complexity index is 558. The van der Waals surface area contributed by atoms with Crippen LogP contribution in [0.2, 0.25) is 5.02 Å². The van der Waals surface area contributed by atoms with E-state index in [2.05, 4.69) is 10.3 Å². The summed E-state index contributed by atoms with van der Waals surface area (Å²) in [5.74, 6) is 0. The lowest BCUT2D eigenvalue weighted by Gasteiger charge is -2.06. The highest BCUT2D eigenvalue weighted by molar-refractivity contribution is 6.30. The van der Waals surface area contributed by atoms with Crippen molar-refractivity contribution in [2.75, 3.05) is 5.32 Å². The van der Waals surface area contributed by atoms with Crippen LogP contribution in [0.15, 0.2) is 42.7 Å². The van der Waals surface area contributed by atoms with Crippen LogP contribution < -0.4 is 5.32 Å². The highest BCUT2D eigenvalue weighted by atomic mass is 35.5. The van der Waals surface area contributed by atoms with Gasteiger partial charge in [-0.3, -0.25) is 15.1 Å².